The topological polar surface area (TPSA) is 84.9 Å². The number of hydrogen-bond donors (Lipinski definition) is 2. The fourth-order valence-electron chi connectivity index (χ4n) is 1.80. The van der Waals surface area contributed by atoms with Crippen molar-refractivity contribution in [3.8, 4) is 11.5 Å². The molecule has 7 heteroatoms. The standard InChI is InChI=1S/C16H14ClNO5/c1-22-14-7-6-10(8-12(14)17)18-15(20)9-23-16(21)11-4-2-3-5-13(11)19/h2-8,19H,9H2,1H3,(H,18,20). The van der Waals surface area contributed by atoms with Crippen molar-refractivity contribution in [2.75, 3.05) is 19.0 Å². The maximum Gasteiger partial charge on any atom is 0.342 e. The summed E-state index contributed by atoms with van der Waals surface area (Å²) in [5.41, 5.74) is 0.437. The number of benzene rings is 2. The van der Waals surface area contributed by atoms with E-state index in [4.69, 9.17) is 21.1 Å². The lowest BCUT2D eigenvalue weighted by atomic mass is 10.2. The van der Waals surface area contributed by atoms with Crippen LogP contribution in [0.25, 0.3) is 0 Å². The van der Waals surface area contributed by atoms with Gasteiger partial charge in [0, 0.05) is 5.69 Å². The van der Waals surface area contributed by atoms with Gasteiger partial charge in [0.15, 0.2) is 6.61 Å². The molecule has 0 aliphatic carbocycles. The molecule has 0 heterocycles. The highest BCUT2D eigenvalue weighted by Crippen LogP contribution is 2.27. The van der Waals surface area contributed by atoms with E-state index in [0.717, 1.165) is 0 Å². The Kier molecular flexibility index (Phi) is 5.43. The third kappa shape index (κ3) is 4.37. The minimum atomic E-state index is -0.786. The summed E-state index contributed by atoms with van der Waals surface area (Å²) in [6.07, 6.45) is 0. The van der Waals surface area contributed by atoms with Gasteiger partial charge in [-0.2, -0.15) is 0 Å². The maximum atomic E-state index is 11.8. The van der Waals surface area contributed by atoms with Crippen LogP contribution in [0.15, 0.2) is 42.5 Å². The van der Waals surface area contributed by atoms with E-state index in [1.54, 1.807) is 24.3 Å². The number of aromatic hydroxyl groups is 1. The fourth-order valence-corrected chi connectivity index (χ4v) is 2.05. The van der Waals surface area contributed by atoms with Crippen LogP contribution in [0.4, 0.5) is 5.69 Å². The number of amides is 1. The van der Waals surface area contributed by atoms with Crippen LogP contribution in [-0.4, -0.2) is 30.7 Å². The molecule has 0 bridgehead atoms. The van der Waals surface area contributed by atoms with Crippen LogP contribution in [0.5, 0.6) is 11.5 Å². The molecule has 0 aliphatic rings. The molecule has 0 aromatic heterocycles. The Morgan fingerprint density at radius 2 is 1.96 bits per heavy atom. The monoisotopic (exact) mass is 335 g/mol. The highest BCUT2D eigenvalue weighted by atomic mass is 35.5. The first-order valence-corrected chi connectivity index (χ1v) is 6.97. The van der Waals surface area contributed by atoms with Gasteiger partial charge in [-0.1, -0.05) is 23.7 Å². The van der Waals surface area contributed by atoms with E-state index in [-0.39, 0.29) is 11.3 Å². The molecule has 2 rings (SSSR count). The molecule has 2 aromatic rings. The van der Waals surface area contributed by atoms with Crippen LogP contribution >= 0.6 is 11.6 Å². The van der Waals surface area contributed by atoms with E-state index in [1.165, 1.54) is 25.3 Å². The number of para-hydroxylation sites is 1. The number of rotatable bonds is 5. The molecule has 0 fully saturated rings. The summed E-state index contributed by atoms with van der Waals surface area (Å²) >= 11 is 5.95. The van der Waals surface area contributed by atoms with Crippen LogP contribution in [0.3, 0.4) is 0 Å². The molecule has 23 heavy (non-hydrogen) atoms. The Morgan fingerprint density at radius 1 is 1.22 bits per heavy atom. The van der Waals surface area contributed by atoms with Gasteiger partial charge in [0.2, 0.25) is 0 Å². The van der Waals surface area contributed by atoms with Crippen LogP contribution in [0.1, 0.15) is 10.4 Å². The second-order valence-electron chi connectivity index (χ2n) is 4.49. The van der Waals surface area contributed by atoms with Gasteiger partial charge in [0.05, 0.1) is 12.1 Å². The van der Waals surface area contributed by atoms with Crippen molar-refractivity contribution in [1.29, 1.82) is 0 Å². The van der Waals surface area contributed by atoms with E-state index in [0.29, 0.717) is 16.5 Å². The van der Waals surface area contributed by atoms with Gasteiger partial charge >= 0.3 is 5.97 Å². The number of phenols is 1. The molecule has 0 aliphatic heterocycles. The van der Waals surface area contributed by atoms with Crippen molar-refractivity contribution in [3.05, 3.63) is 53.1 Å². The number of carbonyl (C=O) groups excluding carboxylic acids is 2. The first kappa shape index (κ1) is 16.6. The van der Waals surface area contributed by atoms with E-state index in [1.807, 2.05) is 0 Å². The fraction of sp³-hybridized carbons (Fsp3) is 0.125. The zero-order valence-corrected chi connectivity index (χ0v) is 13.0. The molecule has 120 valence electrons. The van der Waals surface area contributed by atoms with E-state index in [9.17, 15) is 14.7 Å². The molecule has 0 unspecified atom stereocenters. The normalized spacial score (nSPS) is 10.0. The molecule has 0 spiro atoms. The van der Waals surface area contributed by atoms with E-state index >= 15 is 0 Å². The van der Waals surface area contributed by atoms with E-state index in [2.05, 4.69) is 5.32 Å². The van der Waals surface area contributed by atoms with E-state index < -0.39 is 18.5 Å². The minimum absolute atomic E-state index is 0.00667. The molecule has 6 nitrogen and oxygen atoms in total. The number of halogens is 1. The highest BCUT2D eigenvalue weighted by molar-refractivity contribution is 6.32. The van der Waals surface area contributed by atoms with Crippen molar-refractivity contribution in [3.63, 3.8) is 0 Å². The summed E-state index contributed by atoms with van der Waals surface area (Å²) < 4.78 is 9.86. The summed E-state index contributed by atoms with van der Waals surface area (Å²) in [4.78, 5) is 23.5. The number of carbonyl (C=O) groups is 2. The Bertz CT molecular complexity index is 732. The SMILES string of the molecule is COc1ccc(NC(=O)COC(=O)c2ccccc2O)cc1Cl. The largest absolute Gasteiger partial charge is 0.507 e. The average Bonchev–Trinajstić information content (AvgIpc) is 2.53. The number of hydrogen-bond acceptors (Lipinski definition) is 5. The second-order valence-corrected chi connectivity index (χ2v) is 4.90. The van der Waals surface area contributed by atoms with Gasteiger partial charge in [-0.25, -0.2) is 4.79 Å². The summed E-state index contributed by atoms with van der Waals surface area (Å²) in [6, 6.07) is 10.6. The number of ether oxygens (including phenoxy) is 2. The van der Waals surface area contributed by atoms with Crippen molar-refractivity contribution in [1.82, 2.24) is 0 Å². The summed E-state index contributed by atoms with van der Waals surface area (Å²) in [5, 5.41) is 12.4. The molecule has 1 amide bonds. The van der Waals surface area contributed by atoms with Crippen molar-refractivity contribution in [2.45, 2.75) is 0 Å². The van der Waals surface area contributed by atoms with Crippen LogP contribution in [0, 0.1) is 0 Å². The first-order chi connectivity index (χ1) is 11.0. The second kappa shape index (κ2) is 7.51. The molecule has 2 aromatic carbocycles. The van der Waals surface area contributed by atoms with Crippen LogP contribution < -0.4 is 10.1 Å². The highest BCUT2D eigenvalue weighted by Gasteiger charge is 2.14. The van der Waals surface area contributed by atoms with Gasteiger partial charge in [-0.05, 0) is 30.3 Å². The van der Waals surface area contributed by atoms with Crippen LogP contribution in [0.2, 0.25) is 5.02 Å². The third-order valence-electron chi connectivity index (χ3n) is 2.89. The maximum absolute atomic E-state index is 11.8. The number of phenolic OH excluding ortho intramolecular Hbond substituents is 1. The number of methoxy groups -OCH3 is 1. The summed E-state index contributed by atoms with van der Waals surface area (Å²) in [6.45, 7) is -0.489. The Balaban J connectivity index is 1.91. The van der Waals surface area contributed by atoms with Gasteiger partial charge in [0.25, 0.3) is 5.91 Å². The zero-order valence-electron chi connectivity index (χ0n) is 12.2. The lowest BCUT2D eigenvalue weighted by Gasteiger charge is -2.09. The minimum Gasteiger partial charge on any atom is -0.507 e. The lowest BCUT2D eigenvalue weighted by Crippen LogP contribution is -2.21. The smallest absolute Gasteiger partial charge is 0.342 e. The van der Waals surface area contributed by atoms with Gasteiger partial charge in [-0.15, -0.1) is 0 Å². The molecule has 0 saturated carbocycles. The number of esters is 1. The zero-order chi connectivity index (χ0) is 16.8. The Morgan fingerprint density at radius 3 is 2.61 bits per heavy atom. The number of nitrogens with one attached hydrogen (secondary N) is 1. The number of anilines is 1. The van der Waals surface area contributed by atoms with Crippen molar-refractivity contribution in [2.24, 2.45) is 0 Å². The van der Waals surface area contributed by atoms with Gasteiger partial charge in [0.1, 0.15) is 17.1 Å². The third-order valence-corrected chi connectivity index (χ3v) is 3.19. The molecular weight excluding hydrogens is 322 g/mol. The first-order valence-electron chi connectivity index (χ1n) is 6.59. The van der Waals surface area contributed by atoms with Gasteiger partial charge in [-0.3, -0.25) is 4.79 Å². The summed E-state index contributed by atoms with van der Waals surface area (Å²) in [7, 11) is 1.48. The van der Waals surface area contributed by atoms with Gasteiger partial charge < -0.3 is 19.9 Å². The molecule has 0 atom stereocenters. The molecule has 0 radical (unpaired) electrons. The Labute approximate surface area is 137 Å². The predicted molar refractivity (Wildman–Crippen MR) is 85.0 cm³/mol. The predicted octanol–water partition coefficient (Wildman–Crippen LogP) is 2.85. The average molecular weight is 336 g/mol. The van der Waals surface area contributed by atoms with Crippen molar-refractivity contribution >= 4 is 29.2 Å². The Hall–Kier alpha value is -2.73. The summed E-state index contributed by atoms with van der Waals surface area (Å²) in [5.74, 6) is -1.04. The molecule has 2 N–H and O–H groups in total. The lowest BCUT2D eigenvalue weighted by molar-refractivity contribution is -0.119. The molecule has 0 saturated heterocycles. The van der Waals surface area contributed by atoms with Crippen LogP contribution in [-0.2, 0) is 9.53 Å². The van der Waals surface area contributed by atoms with Crippen molar-refractivity contribution < 1.29 is 24.2 Å². The molecular formula is C16H14ClNO5. The quantitative estimate of drug-likeness (QED) is 0.821.